The molecule has 0 saturated heterocycles. The van der Waals surface area contributed by atoms with Crippen LogP contribution >= 0.6 is 11.6 Å². The van der Waals surface area contributed by atoms with Crippen molar-refractivity contribution < 1.29 is 9.59 Å². The third-order valence-corrected chi connectivity index (χ3v) is 4.56. The van der Waals surface area contributed by atoms with Crippen LogP contribution in [0.4, 0.5) is 17.1 Å². The molecule has 3 aromatic rings. The van der Waals surface area contributed by atoms with E-state index in [1.54, 1.807) is 36.4 Å². The lowest BCUT2D eigenvalue weighted by molar-refractivity contribution is -0.116. The van der Waals surface area contributed by atoms with Crippen LogP contribution in [0.15, 0.2) is 78.9 Å². The Morgan fingerprint density at radius 2 is 1.41 bits per heavy atom. The number of nitrogens with one attached hydrogen (secondary N) is 3. The number of aryl methyl sites for hydroxylation is 1. The van der Waals surface area contributed by atoms with Crippen molar-refractivity contribution >= 4 is 40.5 Å². The Morgan fingerprint density at radius 1 is 0.759 bits per heavy atom. The second kappa shape index (κ2) is 10.3. The van der Waals surface area contributed by atoms with Crippen LogP contribution in [0.25, 0.3) is 0 Å². The molecule has 0 aliphatic carbocycles. The number of hydrogen-bond donors (Lipinski definition) is 3. The van der Waals surface area contributed by atoms with Gasteiger partial charge in [-0.1, -0.05) is 60.1 Å². The summed E-state index contributed by atoms with van der Waals surface area (Å²) in [6.07, 6.45) is 1.07. The fourth-order valence-electron chi connectivity index (χ4n) is 2.79. The van der Waals surface area contributed by atoms with Crippen LogP contribution in [0, 0.1) is 0 Å². The molecule has 3 N–H and O–H groups in total. The molecule has 0 aliphatic heterocycles. The molecular formula is C23H22ClN3O2. The molecule has 0 atom stereocenters. The van der Waals surface area contributed by atoms with Crippen molar-refractivity contribution in [3.63, 3.8) is 0 Å². The van der Waals surface area contributed by atoms with Gasteiger partial charge in [0.2, 0.25) is 11.8 Å². The number of amides is 2. The molecule has 29 heavy (non-hydrogen) atoms. The quantitative estimate of drug-likeness (QED) is 0.494. The summed E-state index contributed by atoms with van der Waals surface area (Å²) < 4.78 is 0. The highest BCUT2D eigenvalue weighted by Crippen LogP contribution is 2.20. The molecule has 3 rings (SSSR count). The summed E-state index contributed by atoms with van der Waals surface area (Å²) in [5.41, 5.74) is 3.06. The predicted molar refractivity (Wildman–Crippen MR) is 118 cm³/mol. The Balaban J connectivity index is 1.49. The van der Waals surface area contributed by atoms with Gasteiger partial charge in [0, 0.05) is 17.8 Å². The number of rotatable bonds is 8. The topological polar surface area (TPSA) is 70.2 Å². The third-order valence-electron chi connectivity index (χ3n) is 4.23. The van der Waals surface area contributed by atoms with Gasteiger partial charge in [-0.15, -0.1) is 0 Å². The molecule has 3 aromatic carbocycles. The summed E-state index contributed by atoms with van der Waals surface area (Å²) in [4.78, 5) is 24.4. The fourth-order valence-corrected chi connectivity index (χ4v) is 2.99. The number of para-hydroxylation sites is 1. The zero-order chi connectivity index (χ0) is 20.5. The molecule has 148 valence electrons. The van der Waals surface area contributed by atoms with Crippen molar-refractivity contribution in [3.8, 4) is 0 Å². The standard InChI is InChI=1S/C23H22ClN3O2/c24-20-11-4-5-12-21(20)25-16-23(29)27-19-10-6-9-18(15-19)26-22(28)14-13-17-7-2-1-3-8-17/h1-12,15,25H,13-14,16H2,(H,26,28)(H,27,29). The Labute approximate surface area is 175 Å². The van der Waals surface area contributed by atoms with Gasteiger partial charge in [0.05, 0.1) is 17.3 Å². The summed E-state index contributed by atoms with van der Waals surface area (Å²) in [5, 5.41) is 9.23. The van der Waals surface area contributed by atoms with Crippen LogP contribution in [0.5, 0.6) is 0 Å². The number of carbonyl (C=O) groups excluding carboxylic acids is 2. The van der Waals surface area contributed by atoms with E-state index in [0.29, 0.717) is 34.9 Å². The van der Waals surface area contributed by atoms with Crippen molar-refractivity contribution in [1.29, 1.82) is 0 Å². The Bertz CT molecular complexity index is 977. The molecule has 0 fully saturated rings. The van der Waals surface area contributed by atoms with Crippen molar-refractivity contribution in [2.24, 2.45) is 0 Å². The molecule has 0 aliphatic rings. The van der Waals surface area contributed by atoms with Crippen LogP contribution in [-0.4, -0.2) is 18.4 Å². The van der Waals surface area contributed by atoms with Crippen LogP contribution in [0.3, 0.4) is 0 Å². The van der Waals surface area contributed by atoms with E-state index in [4.69, 9.17) is 11.6 Å². The van der Waals surface area contributed by atoms with E-state index in [1.807, 2.05) is 42.5 Å². The van der Waals surface area contributed by atoms with Crippen LogP contribution in [0.1, 0.15) is 12.0 Å². The first kappa shape index (κ1) is 20.4. The minimum absolute atomic E-state index is 0.0716. The SMILES string of the molecule is O=C(CCc1ccccc1)Nc1cccc(NC(=O)CNc2ccccc2Cl)c1. The van der Waals surface area contributed by atoms with E-state index in [2.05, 4.69) is 16.0 Å². The van der Waals surface area contributed by atoms with E-state index in [1.165, 1.54) is 0 Å². The molecule has 0 radical (unpaired) electrons. The minimum Gasteiger partial charge on any atom is -0.375 e. The van der Waals surface area contributed by atoms with Crippen molar-refractivity contribution in [2.75, 3.05) is 22.5 Å². The number of carbonyl (C=O) groups is 2. The van der Waals surface area contributed by atoms with Crippen molar-refractivity contribution in [2.45, 2.75) is 12.8 Å². The molecule has 0 unspecified atom stereocenters. The van der Waals surface area contributed by atoms with Gasteiger partial charge in [0.1, 0.15) is 0 Å². The maximum absolute atomic E-state index is 12.2. The fraction of sp³-hybridized carbons (Fsp3) is 0.130. The molecule has 0 saturated carbocycles. The number of anilines is 3. The van der Waals surface area contributed by atoms with Gasteiger partial charge in [-0.05, 0) is 42.3 Å². The maximum Gasteiger partial charge on any atom is 0.243 e. The first-order chi connectivity index (χ1) is 14.1. The first-order valence-corrected chi connectivity index (χ1v) is 9.70. The lowest BCUT2D eigenvalue weighted by Gasteiger charge is -2.11. The van der Waals surface area contributed by atoms with Crippen molar-refractivity contribution in [3.05, 3.63) is 89.4 Å². The molecule has 5 nitrogen and oxygen atoms in total. The monoisotopic (exact) mass is 407 g/mol. The highest BCUT2D eigenvalue weighted by Gasteiger charge is 2.07. The van der Waals surface area contributed by atoms with Crippen molar-refractivity contribution in [1.82, 2.24) is 0 Å². The smallest absolute Gasteiger partial charge is 0.243 e. The van der Waals surface area contributed by atoms with E-state index in [-0.39, 0.29) is 18.4 Å². The van der Waals surface area contributed by atoms with E-state index in [9.17, 15) is 9.59 Å². The largest absolute Gasteiger partial charge is 0.375 e. The molecule has 2 amide bonds. The highest BCUT2D eigenvalue weighted by atomic mass is 35.5. The van der Waals surface area contributed by atoms with Crippen LogP contribution in [-0.2, 0) is 16.0 Å². The summed E-state index contributed by atoms with van der Waals surface area (Å²) >= 11 is 6.07. The second-order valence-electron chi connectivity index (χ2n) is 6.50. The van der Waals surface area contributed by atoms with Crippen LogP contribution < -0.4 is 16.0 Å². The second-order valence-corrected chi connectivity index (χ2v) is 6.90. The number of halogens is 1. The van der Waals surface area contributed by atoms with Gasteiger partial charge in [-0.25, -0.2) is 0 Å². The van der Waals surface area contributed by atoms with Gasteiger partial charge in [-0.2, -0.15) is 0 Å². The Kier molecular flexibility index (Phi) is 7.25. The molecular weight excluding hydrogens is 386 g/mol. The molecule has 0 heterocycles. The van der Waals surface area contributed by atoms with Gasteiger partial charge < -0.3 is 16.0 Å². The van der Waals surface area contributed by atoms with Gasteiger partial charge in [0.15, 0.2) is 0 Å². The summed E-state index contributed by atoms with van der Waals surface area (Å²) in [6.45, 7) is 0.0807. The predicted octanol–water partition coefficient (Wildman–Crippen LogP) is 4.96. The molecule has 6 heteroatoms. The summed E-state index contributed by atoms with van der Waals surface area (Å²) in [5.74, 6) is -0.282. The number of hydrogen-bond acceptors (Lipinski definition) is 3. The first-order valence-electron chi connectivity index (χ1n) is 9.32. The normalized spacial score (nSPS) is 10.2. The van der Waals surface area contributed by atoms with Gasteiger partial charge in [-0.3, -0.25) is 9.59 Å². The van der Waals surface area contributed by atoms with E-state index in [0.717, 1.165) is 5.56 Å². The third kappa shape index (κ3) is 6.66. The number of benzene rings is 3. The van der Waals surface area contributed by atoms with Gasteiger partial charge in [0.25, 0.3) is 0 Å². The lowest BCUT2D eigenvalue weighted by atomic mass is 10.1. The Morgan fingerprint density at radius 3 is 2.14 bits per heavy atom. The van der Waals surface area contributed by atoms with E-state index < -0.39 is 0 Å². The highest BCUT2D eigenvalue weighted by molar-refractivity contribution is 6.33. The maximum atomic E-state index is 12.2. The zero-order valence-electron chi connectivity index (χ0n) is 15.8. The Hall–Kier alpha value is -3.31. The molecule has 0 bridgehead atoms. The molecule has 0 aromatic heterocycles. The average molecular weight is 408 g/mol. The van der Waals surface area contributed by atoms with Crippen LogP contribution in [0.2, 0.25) is 5.02 Å². The summed E-state index contributed by atoms with van der Waals surface area (Å²) in [7, 11) is 0. The zero-order valence-corrected chi connectivity index (χ0v) is 16.6. The van der Waals surface area contributed by atoms with E-state index >= 15 is 0 Å². The minimum atomic E-state index is -0.211. The average Bonchev–Trinajstić information content (AvgIpc) is 2.73. The summed E-state index contributed by atoms with van der Waals surface area (Å²) in [6, 6.07) is 24.2. The lowest BCUT2D eigenvalue weighted by Crippen LogP contribution is -2.22. The molecule has 0 spiro atoms. The van der Waals surface area contributed by atoms with Gasteiger partial charge >= 0.3 is 0 Å².